The van der Waals surface area contributed by atoms with Gasteiger partial charge >= 0.3 is 0 Å². The van der Waals surface area contributed by atoms with Crippen LogP contribution >= 0.6 is 12.4 Å². The highest BCUT2D eigenvalue weighted by atomic mass is 35.5. The molecule has 0 amide bonds. The van der Waals surface area contributed by atoms with Crippen molar-refractivity contribution in [3.05, 3.63) is 0 Å². The summed E-state index contributed by atoms with van der Waals surface area (Å²) in [5.74, 6) is 0. The van der Waals surface area contributed by atoms with E-state index in [2.05, 4.69) is 4.99 Å². The van der Waals surface area contributed by atoms with Crippen LogP contribution in [0.5, 0.6) is 0 Å². The fraction of sp³-hybridized carbons (Fsp3) is 0.875. The first-order valence-electron chi connectivity index (χ1n) is 4.02. The fourth-order valence-electron chi connectivity index (χ4n) is 0.820. The highest BCUT2D eigenvalue weighted by Gasteiger charge is 2.12. The van der Waals surface area contributed by atoms with Gasteiger partial charge in [-0.05, 0) is 27.4 Å². The summed E-state index contributed by atoms with van der Waals surface area (Å²) in [6.45, 7) is 2.61. The monoisotopic (exact) mass is 207 g/mol. The van der Waals surface area contributed by atoms with E-state index in [1.54, 1.807) is 6.92 Å². The third-order valence-corrected chi connectivity index (χ3v) is 1.70. The maximum atomic E-state index is 9.45. The van der Waals surface area contributed by atoms with Crippen LogP contribution in [0.15, 0.2) is 4.99 Å². The van der Waals surface area contributed by atoms with Crippen molar-refractivity contribution < 1.29 is 5.11 Å². The number of nitrogens with zero attached hydrogens (tertiary/aromatic N) is 2. The standard InChI is InChI=1S/C8H17N3O.ClH/c1-7(10-6-9)8(12)4-5-11(2)3;/h7-9,12H,4-5H2,1-3H3;1H. The predicted octanol–water partition coefficient (Wildman–Crippen LogP) is 0.862. The minimum Gasteiger partial charge on any atom is -0.391 e. The van der Waals surface area contributed by atoms with Crippen molar-refractivity contribution >= 4 is 18.4 Å². The molecule has 0 saturated heterocycles. The zero-order valence-electron chi connectivity index (χ0n) is 8.32. The van der Waals surface area contributed by atoms with Gasteiger partial charge in [-0.3, -0.25) is 0 Å². The Morgan fingerprint density at radius 1 is 1.54 bits per heavy atom. The van der Waals surface area contributed by atoms with Gasteiger partial charge in [-0.1, -0.05) is 0 Å². The normalized spacial score (nSPS) is 14.2. The number of aliphatic hydroxyl groups is 1. The fourth-order valence-corrected chi connectivity index (χ4v) is 0.820. The molecule has 0 aliphatic carbocycles. The van der Waals surface area contributed by atoms with E-state index < -0.39 is 6.10 Å². The molecule has 0 radical (unpaired) electrons. The van der Waals surface area contributed by atoms with Crippen LogP contribution in [0.1, 0.15) is 13.3 Å². The maximum Gasteiger partial charge on any atom is 0.0865 e. The number of hydrogen-bond donors (Lipinski definition) is 2. The Kier molecular flexibility index (Phi) is 9.51. The highest BCUT2D eigenvalue weighted by molar-refractivity contribution is 5.85. The van der Waals surface area contributed by atoms with E-state index >= 15 is 0 Å². The highest BCUT2D eigenvalue weighted by Crippen LogP contribution is 2.02. The second kappa shape index (κ2) is 8.20. The average Bonchev–Trinajstić information content (AvgIpc) is 2.00. The predicted molar refractivity (Wildman–Crippen MR) is 56.0 cm³/mol. The van der Waals surface area contributed by atoms with E-state index in [-0.39, 0.29) is 18.4 Å². The summed E-state index contributed by atoms with van der Waals surface area (Å²) >= 11 is 0. The molecule has 78 valence electrons. The number of halogens is 1. The second-order valence-corrected chi connectivity index (χ2v) is 3.14. The van der Waals surface area contributed by atoms with Crippen LogP contribution in [-0.2, 0) is 0 Å². The number of aliphatic imine (C=N–C) groups is 1. The molecule has 0 aromatic carbocycles. The molecular weight excluding hydrogens is 190 g/mol. The SMILES string of the molecule is CC(N=C=N)C(O)CCN(C)C.Cl. The molecule has 5 heteroatoms. The summed E-state index contributed by atoms with van der Waals surface area (Å²) in [5, 5.41) is 16.1. The summed E-state index contributed by atoms with van der Waals surface area (Å²) < 4.78 is 0. The first kappa shape index (κ1) is 15.1. The van der Waals surface area contributed by atoms with E-state index in [0.29, 0.717) is 6.42 Å². The van der Waals surface area contributed by atoms with Crippen molar-refractivity contribution in [1.82, 2.24) is 4.90 Å². The van der Waals surface area contributed by atoms with Crippen molar-refractivity contribution in [2.75, 3.05) is 20.6 Å². The van der Waals surface area contributed by atoms with Gasteiger partial charge in [0.1, 0.15) is 0 Å². The molecule has 2 unspecified atom stereocenters. The third-order valence-electron chi connectivity index (χ3n) is 1.70. The molecule has 0 spiro atoms. The molecule has 0 aliphatic heterocycles. The van der Waals surface area contributed by atoms with E-state index in [1.165, 1.54) is 0 Å². The zero-order chi connectivity index (χ0) is 9.56. The molecule has 2 atom stereocenters. The van der Waals surface area contributed by atoms with Crippen LogP contribution in [0.3, 0.4) is 0 Å². The van der Waals surface area contributed by atoms with Gasteiger partial charge in [-0.15, -0.1) is 12.4 Å². The van der Waals surface area contributed by atoms with Crippen molar-refractivity contribution in [3.63, 3.8) is 0 Å². The second-order valence-electron chi connectivity index (χ2n) is 3.14. The van der Waals surface area contributed by atoms with Crippen LogP contribution in [-0.4, -0.2) is 48.8 Å². The molecule has 0 aromatic rings. The van der Waals surface area contributed by atoms with Gasteiger partial charge in [0.2, 0.25) is 0 Å². The molecule has 2 N–H and O–H groups in total. The van der Waals surface area contributed by atoms with Crippen LogP contribution in [0.25, 0.3) is 0 Å². The maximum absolute atomic E-state index is 9.45. The van der Waals surface area contributed by atoms with Crippen LogP contribution in [0.4, 0.5) is 0 Å². The lowest BCUT2D eigenvalue weighted by Crippen LogP contribution is -2.26. The van der Waals surface area contributed by atoms with Gasteiger partial charge < -0.3 is 10.0 Å². The Balaban J connectivity index is 0. The lowest BCUT2D eigenvalue weighted by atomic mass is 10.1. The molecule has 0 saturated carbocycles. The van der Waals surface area contributed by atoms with Gasteiger partial charge in [0.25, 0.3) is 0 Å². The van der Waals surface area contributed by atoms with E-state index in [0.717, 1.165) is 6.54 Å². The van der Waals surface area contributed by atoms with Gasteiger partial charge in [0.05, 0.1) is 18.2 Å². The molecule has 0 fully saturated rings. The molecule has 4 nitrogen and oxygen atoms in total. The van der Waals surface area contributed by atoms with Crippen LogP contribution in [0.2, 0.25) is 0 Å². The molecule has 0 aromatic heterocycles. The molecule has 0 aliphatic rings. The Morgan fingerprint density at radius 3 is 2.46 bits per heavy atom. The van der Waals surface area contributed by atoms with Gasteiger partial charge in [0, 0.05) is 6.54 Å². The van der Waals surface area contributed by atoms with E-state index in [9.17, 15) is 5.11 Å². The number of nitrogens with one attached hydrogen (secondary N) is 1. The number of aliphatic hydroxyl groups excluding tert-OH is 1. The first-order chi connectivity index (χ1) is 5.57. The molecule has 0 heterocycles. The van der Waals surface area contributed by atoms with Gasteiger partial charge in [0.15, 0.2) is 0 Å². The topological polar surface area (TPSA) is 59.7 Å². The van der Waals surface area contributed by atoms with Crippen molar-refractivity contribution in [2.45, 2.75) is 25.5 Å². The summed E-state index contributed by atoms with van der Waals surface area (Å²) in [6, 6.07) is 1.72. The largest absolute Gasteiger partial charge is 0.391 e. The quantitative estimate of drug-likeness (QED) is 0.657. The molecule has 0 rings (SSSR count). The number of hydrogen-bond acceptors (Lipinski definition) is 4. The third kappa shape index (κ3) is 7.94. The number of rotatable bonds is 5. The Morgan fingerprint density at radius 2 is 2.08 bits per heavy atom. The summed E-state index contributed by atoms with van der Waals surface area (Å²) in [4.78, 5) is 5.65. The average molecular weight is 208 g/mol. The Labute approximate surface area is 85.6 Å². The van der Waals surface area contributed by atoms with Gasteiger partial charge in [-0.2, -0.15) is 0 Å². The molecular formula is C8H18ClN3O. The minimum absolute atomic E-state index is 0. The summed E-state index contributed by atoms with van der Waals surface area (Å²) in [5.41, 5.74) is 0. The van der Waals surface area contributed by atoms with Crippen LogP contribution in [0, 0.1) is 5.41 Å². The first-order valence-corrected chi connectivity index (χ1v) is 4.02. The van der Waals surface area contributed by atoms with Gasteiger partial charge in [-0.25, -0.2) is 10.4 Å². The molecule has 13 heavy (non-hydrogen) atoms. The smallest absolute Gasteiger partial charge is 0.0865 e. The molecule has 0 bridgehead atoms. The minimum atomic E-state index is -0.467. The van der Waals surface area contributed by atoms with E-state index in [4.69, 9.17) is 5.41 Å². The summed E-state index contributed by atoms with van der Waals surface area (Å²) in [6.07, 6.45) is 0.213. The summed E-state index contributed by atoms with van der Waals surface area (Å²) in [7, 11) is 3.91. The lowest BCUT2D eigenvalue weighted by Gasteiger charge is -2.16. The van der Waals surface area contributed by atoms with Crippen molar-refractivity contribution in [2.24, 2.45) is 4.99 Å². The zero-order valence-corrected chi connectivity index (χ0v) is 9.14. The van der Waals surface area contributed by atoms with Crippen LogP contribution < -0.4 is 0 Å². The van der Waals surface area contributed by atoms with Crippen molar-refractivity contribution in [1.29, 1.82) is 5.41 Å². The Bertz CT molecular complexity index is 169. The Hall–Kier alpha value is -0.410. The lowest BCUT2D eigenvalue weighted by molar-refractivity contribution is 0.131. The van der Waals surface area contributed by atoms with E-state index in [1.807, 2.05) is 25.0 Å². The van der Waals surface area contributed by atoms with Crippen molar-refractivity contribution in [3.8, 4) is 0 Å².